The minimum atomic E-state index is -0.528. The lowest BCUT2D eigenvalue weighted by molar-refractivity contribution is -0.192. The van der Waals surface area contributed by atoms with Gasteiger partial charge in [0.15, 0.2) is 0 Å². The molecule has 4 nitrogen and oxygen atoms in total. The van der Waals surface area contributed by atoms with Crippen molar-refractivity contribution in [3.63, 3.8) is 0 Å². The van der Waals surface area contributed by atoms with Gasteiger partial charge in [-0.05, 0) is 27.7 Å². The van der Waals surface area contributed by atoms with Gasteiger partial charge in [0.2, 0.25) is 0 Å². The van der Waals surface area contributed by atoms with Crippen LogP contribution in [0.1, 0.15) is 27.7 Å². The Morgan fingerprint density at radius 3 is 2.00 bits per heavy atom. The van der Waals surface area contributed by atoms with Crippen LogP contribution in [0.4, 0.5) is 0 Å². The molecule has 0 aromatic heterocycles. The molecule has 1 N–H and O–H groups in total. The van der Waals surface area contributed by atoms with Crippen LogP contribution in [-0.4, -0.2) is 29.3 Å². The van der Waals surface area contributed by atoms with E-state index in [1.54, 1.807) is 0 Å². The predicted octanol–water partition coefficient (Wildman–Crippen LogP) is 0.494. The molecular formula is C8H16N2O2. The predicted molar refractivity (Wildman–Crippen MR) is 45.1 cm³/mol. The van der Waals surface area contributed by atoms with Gasteiger partial charge in [0.25, 0.3) is 5.91 Å². The van der Waals surface area contributed by atoms with Gasteiger partial charge in [-0.2, -0.15) is 0 Å². The fourth-order valence-electron chi connectivity index (χ4n) is 1.69. The van der Waals surface area contributed by atoms with Crippen molar-refractivity contribution >= 4 is 5.91 Å². The Bertz CT molecular complexity index is 211. The molecule has 0 unspecified atom stereocenters. The third-order valence-electron chi connectivity index (χ3n) is 2.03. The molecular weight excluding hydrogens is 156 g/mol. The topological polar surface area (TPSA) is 41.6 Å². The van der Waals surface area contributed by atoms with Gasteiger partial charge < -0.3 is 0 Å². The first-order valence-corrected chi connectivity index (χ1v) is 3.99. The van der Waals surface area contributed by atoms with Crippen molar-refractivity contribution in [1.29, 1.82) is 0 Å². The van der Waals surface area contributed by atoms with E-state index in [9.17, 15) is 4.79 Å². The number of rotatable bonds is 1. The Labute approximate surface area is 72.8 Å². The molecule has 1 fully saturated rings. The fraction of sp³-hybridized carbons (Fsp3) is 0.875. The van der Waals surface area contributed by atoms with Crippen LogP contribution in [0.25, 0.3) is 0 Å². The van der Waals surface area contributed by atoms with Crippen LogP contribution >= 0.6 is 0 Å². The molecule has 0 atom stereocenters. The van der Waals surface area contributed by atoms with Crippen molar-refractivity contribution in [2.75, 3.05) is 7.11 Å². The van der Waals surface area contributed by atoms with E-state index in [0.717, 1.165) is 0 Å². The quantitative estimate of drug-likeness (QED) is 0.626. The summed E-state index contributed by atoms with van der Waals surface area (Å²) in [6, 6.07) is 0. The van der Waals surface area contributed by atoms with Gasteiger partial charge in [0.1, 0.15) is 5.66 Å². The maximum absolute atomic E-state index is 11.6. The molecule has 0 radical (unpaired) electrons. The number of nitrogens with one attached hydrogen (secondary N) is 1. The minimum Gasteiger partial charge on any atom is -0.280 e. The smallest absolute Gasteiger partial charge is 0.267 e. The molecule has 1 rings (SSSR count). The first kappa shape index (κ1) is 9.48. The highest BCUT2D eigenvalue weighted by atomic mass is 16.7. The lowest BCUT2D eigenvalue weighted by atomic mass is 10.1. The van der Waals surface area contributed by atoms with E-state index in [0.29, 0.717) is 0 Å². The summed E-state index contributed by atoms with van der Waals surface area (Å²) in [7, 11) is 1.50. The summed E-state index contributed by atoms with van der Waals surface area (Å²) in [5.74, 6) is -0.0324. The Hall–Kier alpha value is -0.610. The van der Waals surface area contributed by atoms with E-state index in [2.05, 4.69) is 5.32 Å². The van der Waals surface area contributed by atoms with Gasteiger partial charge in [-0.15, -0.1) is 0 Å². The van der Waals surface area contributed by atoms with Crippen molar-refractivity contribution in [2.24, 2.45) is 0 Å². The summed E-state index contributed by atoms with van der Waals surface area (Å²) in [6.07, 6.45) is 0. The first-order chi connectivity index (χ1) is 5.31. The van der Waals surface area contributed by atoms with Crippen LogP contribution in [0.5, 0.6) is 0 Å². The number of hydroxylamine groups is 2. The Morgan fingerprint density at radius 1 is 1.33 bits per heavy atom. The SMILES string of the molecule is CON1C(=O)C(C)(C)NC1(C)C. The number of amides is 1. The van der Waals surface area contributed by atoms with Crippen molar-refractivity contribution < 1.29 is 9.63 Å². The first-order valence-electron chi connectivity index (χ1n) is 3.99. The van der Waals surface area contributed by atoms with Crippen molar-refractivity contribution in [3.8, 4) is 0 Å². The minimum absolute atomic E-state index is 0.0324. The molecule has 1 aliphatic rings. The molecule has 1 amide bonds. The second-order valence-corrected chi connectivity index (χ2v) is 4.09. The normalized spacial score (nSPS) is 26.4. The Kier molecular flexibility index (Phi) is 1.92. The fourth-order valence-corrected chi connectivity index (χ4v) is 1.69. The third-order valence-corrected chi connectivity index (χ3v) is 2.03. The Balaban J connectivity index is 2.96. The summed E-state index contributed by atoms with van der Waals surface area (Å²) in [6.45, 7) is 7.50. The Morgan fingerprint density at radius 2 is 1.83 bits per heavy atom. The van der Waals surface area contributed by atoms with Crippen LogP contribution in [0.2, 0.25) is 0 Å². The molecule has 70 valence electrons. The second-order valence-electron chi connectivity index (χ2n) is 4.09. The van der Waals surface area contributed by atoms with Crippen LogP contribution in [0, 0.1) is 0 Å². The van der Waals surface area contributed by atoms with Gasteiger partial charge in [0, 0.05) is 0 Å². The second kappa shape index (κ2) is 2.44. The highest BCUT2D eigenvalue weighted by Gasteiger charge is 2.50. The van der Waals surface area contributed by atoms with E-state index < -0.39 is 11.2 Å². The lowest BCUT2D eigenvalue weighted by Gasteiger charge is -2.28. The average molecular weight is 172 g/mol. The van der Waals surface area contributed by atoms with E-state index in [1.807, 2.05) is 27.7 Å². The van der Waals surface area contributed by atoms with Crippen LogP contribution in [0.15, 0.2) is 0 Å². The van der Waals surface area contributed by atoms with Crippen molar-refractivity contribution in [1.82, 2.24) is 10.4 Å². The third kappa shape index (κ3) is 1.21. The molecule has 0 bridgehead atoms. The molecule has 4 heteroatoms. The van der Waals surface area contributed by atoms with Crippen molar-refractivity contribution in [2.45, 2.75) is 38.9 Å². The molecule has 0 spiro atoms. The maximum atomic E-state index is 11.6. The molecule has 1 aliphatic heterocycles. The van der Waals surface area contributed by atoms with E-state index in [4.69, 9.17) is 4.84 Å². The molecule has 12 heavy (non-hydrogen) atoms. The summed E-state index contributed by atoms with van der Waals surface area (Å²) < 4.78 is 0. The number of carbonyl (C=O) groups is 1. The van der Waals surface area contributed by atoms with Gasteiger partial charge >= 0.3 is 0 Å². The maximum Gasteiger partial charge on any atom is 0.267 e. The lowest BCUT2D eigenvalue weighted by Crippen LogP contribution is -2.48. The highest BCUT2D eigenvalue weighted by Crippen LogP contribution is 2.26. The molecule has 0 aliphatic carbocycles. The average Bonchev–Trinajstić information content (AvgIpc) is 1.98. The molecule has 0 saturated carbocycles. The van der Waals surface area contributed by atoms with Gasteiger partial charge in [0.05, 0.1) is 12.6 Å². The molecule has 1 heterocycles. The van der Waals surface area contributed by atoms with Crippen LogP contribution in [-0.2, 0) is 9.63 Å². The van der Waals surface area contributed by atoms with Gasteiger partial charge in [-0.3, -0.25) is 14.9 Å². The van der Waals surface area contributed by atoms with E-state index in [-0.39, 0.29) is 5.91 Å². The van der Waals surface area contributed by atoms with Crippen LogP contribution in [0.3, 0.4) is 0 Å². The van der Waals surface area contributed by atoms with Gasteiger partial charge in [-0.1, -0.05) is 0 Å². The van der Waals surface area contributed by atoms with Crippen molar-refractivity contribution in [3.05, 3.63) is 0 Å². The number of hydrogen-bond donors (Lipinski definition) is 1. The zero-order chi connectivity index (χ0) is 9.57. The largest absolute Gasteiger partial charge is 0.280 e. The summed E-state index contributed by atoms with van der Waals surface area (Å²) in [5, 5.41) is 4.54. The molecule has 0 aromatic rings. The number of nitrogens with zero attached hydrogens (tertiary/aromatic N) is 1. The summed E-state index contributed by atoms with van der Waals surface area (Å²) >= 11 is 0. The molecule has 0 aromatic carbocycles. The summed E-state index contributed by atoms with van der Waals surface area (Å²) in [4.78, 5) is 16.6. The van der Waals surface area contributed by atoms with E-state index >= 15 is 0 Å². The zero-order valence-corrected chi connectivity index (χ0v) is 8.26. The monoisotopic (exact) mass is 172 g/mol. The zero-order valence-electron chi connectivity index (χ0n) is 8.26. The number of hydrogen-bond acceptors (Lipinski definition) is 3. The van der Waals surface area contributed by atoms with E-state index in [1.165, 1.54) is 12.2 Å². The molecule has 1 saturated heterocycles. The standard InChI is InChI=1S/C8H16N2O2/c1-7(2)6(11)10(12-5)8(3,4)9-7/h9H,1-5H3. The van der Waals surface area contributed by atoms with Gasteiger partial charge in [-0.25, -0.2) is 5.06 Å². The number of carbonyl (C=O) groups excluding carboxylic acids is 1. The highest BCUT2D eigenvalue weighted by molar-refractivity contribution is 5.87. The van der Waals surface area contributed by atoms with Crippen LogP contribution < -0.4 is 5.32 Å². The summed E-state index contributed by atoms with van der Waals surface area (Å²) in [5.41, 5.74) is -0.950.